The van der Waals surface area contributed by atoms with E-state index in [9.17, 15) is 0 Å². The zero-order chi connectivity index (χ0) is 10.0. The summed E-state index contributed by atoms with van der Waals surface area (Å²) < 4.78 is 0. The summed E-state index contributed by atoms with van der Waals surface area (Å²) >= 11 is 0. The lowest BCUT2D eigenvalue weighted by Crippen LogP contribution is -2.12. The quantitative estimate of drug-likeness (QED) is 0.692. The van der Waals surface area contributed by atoms with Gasteiger partial charge in [0.05, 0.1) is 0 Å². The minimum Gasteiger partial charge on any atom is -0.377 e. The van der Waals surface area contributed by atoms with Gasteiger partial charge < -0.3 is 4.90 Å². The third-order valence-corrected chi connectivity index (χ3v) is 2.24. The molecule has 1 rings (SSSR count). The van der Waals surface area contributed by atoms with Crippen LogP contribution >= 0.6 is 0 Å². The van der Waals surface area contributed by atoms with Gasteiger partial charge in [0.2, 0.25) is 0 Å². The molecule has 1 heterocycles. The molecule has 0 aliphatic heterocycles. The Morgan fingerprint density at radius 2 is 1.92 bits per heavy atom. The Morgan fingerprint density at radius 1 is 1.31 bits per heavy atom. The molecule has 72 valence electrons. The fourth-order valence-corrected chi connectivity index (χ4v) is 1.61. The number of anilines is 1. The van der Waals surface area contributed by atoms with Gasteiger partial charge in [0.25, 0.3) is 0 Å². The summed E-state index contributed by atoms with van der Waals surface area (Å²) in [5.41, 5.74) is 3.76. The minimum absolute atomic E-state index is 0.500. The first-order chi connectivity index (χ1) is 6.04. The third kappa shape index (κ3) is 2.00. The molecule has 0 atom stereocenters. The van der Waals surface area contributed by atoms with Crippen molar-refractivity contribution < 1.29 is 0 Å². The van der Waals surface area contributed by atoms with Crippen LogP contribution < -0.4 is 4.90 Å². The van der Waals surface area contributed by atoms with Crippen LogP contribution in [0.5, 0.6) is 0 Å². The SMILES string of the molecule is Cc1c(N(C)C)ccnc1C(C)C. The summed E-state index contributed by atoms with van der Waals surface area (Å²) in [5.74, 6) is 0.500. The molecular formula is C11H18N2. The van der Waals surface area contributed by atoms with Gasteiger partial charge in [0.15, 0.2) is 0 Å². The maximum absolute atomic E-state index is 4.39. The average molecular weight is 178 g/mol. The molecule has 0 spiro atoms. The van der Waals surface area contributed by atoms with Gasteiger partial charge in [-0.15, -0.1) is 0 Å². The molecule has 1 aromatic rings. The summed E-state index contributed by atoms with van der Waals surface area (Å²) in [6, 6.07) is 2.06. The lowest BCUT2D eigenvalue weighted by molar-refractivity contribution is 0.809. The van der Waals surface area contributed by atoms with E-state index in [0.717, 1.165) is 0 Å². The van der Waals surface area contributed by atoms with E-state index in [4.69, 9.17) is 0 Å². The van der Waals surface area contributed by atoms with Gasteiger partial charge in [-0.05, 0) is 24.5 Å². The van der Waals surface area contributed by atoms with E-state index in [2.05, 4.69) is 50.8 Å². The van der Waals surface area contributed by atoms with Crippen LogP contribution in [0.1, 0.15) is 31.0 Å². The number of nitrogens with zero attached hydrogens (tertiary/aromatic N) is 2. The Balaban J connectivity index is 3.18. The second kappa shape index (κ2) is 3.77. The second-order valence-corrected chi connectivity index (χ2v) is 3.89. The van der Waals surface area contributed by atoms with E-state index in [-0.39, 0.29) is 0 Å². The molecule has 0 radical (unpaired) electrons. The van der Waals surface area contributed by atoms with Crippen LogP contribution in [-0.4, -0.2) is 19.1 Å². The van der Waals surface area contributed by atoms with Crippen LogP contribution in [0.15, 0.2) is 12.3 Å². The van der Waals surface area contributed by atoms with Gasteiger partial charge >= 0.3 is 0 Å². The average Bonchev–Trinajstić information content (AvgIpc) is 2.03. The van der Waals surface area contributed by atoms with Crippen molar-refractivity contribution >= 4 is 5.69 Å². The molecule has 0 aliphatic carbocycles. The molecule has 0 bridgehead atoms. The van der Waals surface area contributed by atoms with E-state index in [0.29, 0.717) is 5.92 Å². The summed E-state index contributed by atoms with van der Waals surface area (Å²) in [7, 11) is 4.12. The number of pyridine rings is 1. The lowest BCUT2D eigenvalue weighted by Gasteiger charge is -2.18. The summed E-state index contributed by atoms with van der Waals surface area (Å²) in [6.07, 6.45) is 1.89. The number of hydrogen-bond donors (Lipinski definition) is 0. The Labute approximate surface area is 80.6 Å². The van der Waals surface area contributed by atoms with Gasteiger partial charge in [-0.25, -0.2) is 0 Å². The highest BCUT2D eigenvalue weighted by Gasteiger charge is 2.09. The largest absolute Gasteiger partial charge is 0.377 e. The fourth-order valence-electron chi connectivity index (χ4n) is 1.61. The maximum Gasteiger partial charge on any atom is 0.0478 e. The zero-order valence-corrected chi connectivity index (χ0v) is 9.13. The molecule has 0 aliphatic rings. The van der Waals surface area contributed by atoms with E-state index >= 15 is 0 Å². The molecule has 0 fully saturated rings. The molecule has 0 saturated carbocycles. The molecule has 0 aromatic carbocycles. The first-order valence-electron chi connectivity index (χ1n) is 4.67. The first kappa shape index (κ1) is 10.0. The van der Waals surface area contributed by atoms with Gasteiger partial charge in [0.1, 0.15) is 0 Å². The molecule has 2 heteroatoms. The Morgan fingerprint density at radius 3 is 2.38 bits per heavy atom. The van der Waals surface area contributed by atoms with Gasteiger partial charge in [0, 0.05) is 31.7 Å². The number of aromatic nitrogens is 1. The van der Waals surface area contributed by atoms with Crippen LogP contribution in [-0.2, 0) is 0 Å². The monoisotopic (exact) mass is 178 g/mol. The van der Waals surface area contributed by atoms with Gasteiger partial charge in [-0.1, -0.05) is 13.8 Å². The predicted octanol–water partition coefficient (Wildman–Crippen LogP) is 2.58. The van der Waals surface area contributed by atoms with Crippen molar-refractivity contribution in [2.24, 2.45) is 0 Å². The van der Waals surface area contributed by atoms with Crippen molar-refractivity contribution in [3.8, 4) is 0 Å². The zero-order valence-electron chi connectivity index (χ0n) is 9.13. The fraction of sp³-hybridized carbons (Fsp3) is 0.545. The summed E-state index contributed by atoms with van der Waals surface area (Å²) in [5, 5.41) is 0. The van der Waals surface area contributed by atoms with Crippen molar-refractivity contribution in [3.05, 3.63) is 23.5 Å². The highest BCUT2D eigenvalue weighted by Crippen LogP contribution is 2.24. The van der Waals surface area contributed by atoms with Gasteiger partial charge in [-0.3, -0.25) is 4.98 Å². The van der Waals surface area contributed by atoms with Gasteiger partial charge in [-0.2, -0.15) is 0 Å². The molecule has 13 heavy (non-hydrogen) atoms. The van der Waals surface area contributed by atoms with E-state index in [1.54, 1.807) is 0 Å². The Bertz CT molecular complexity index is 264. The molecule has 0 unspecified atom stereocenters. The first-order valence-corrected chi connectivity index (χ1v) is 4.67. The van der Waals surface area contributed by atoms with Crippen LogP contribution in [0.4, 0.5) is 5.69 Å². The number of hydrogen-bond acceptors (Lipinski definition) is 2. The maximum atomic E-state index is 4.39. The Kier molecular flexibility index (Phi) is 2.91. The molecule has 2 nitrogen and oxygen atoms in total. The highest BCUT2D eigenvalue weighted by atomic mass is 15.1. The summed E-state index contributed by atoms with van der Waals surface area (Å²) in [6.45, 7) is 6.49. The molecule has 0 amide bonds. The van der Waals surface area contributed by atoms with Crippen molar-refractivity contribution in [2.45, 2.75) is 26.7 Å². The van der Waals surface area contributed by atoms with Crippen LogP contribution in [0.25, 0.3) is 0 Å². The predicted molar refractivity (Wildman–Crippen MR) is 57.4 cm³/mol. The van der Waals surface area contributed by atoms with E-state index < -0.39 is 0 Å². The van der Waals surface area contributed by atoms with Crippen molar-refractivity contribution in [1.29, 1.82) is 0 Å². The van der Waals surface area contributed by atoms with Crippen molar-refractivity contribution in [2.75, 3.05) is 19.0 Å². The molecule has 0 saturated heterocycles. The second-order valence-electron chi connectivity index (χ2n) is 3.89. The topological polar surface area (TPSA) is 16.1 Å². The van der Waals surface area contributed by atoms with Crippen LogP contribution in [0.2, 0.25) is 0 Å². The minimum atomic E-state index is 0.500. The van der Waals surface area contributed by atoms with Crippen LogP contribution in [0.3, 0.4) is 0 Å². The lowest BCUT2D eigenvalue weighted by atomic mass is 10.0. The highest BCUT2D eigenvalue weighted by molar-refractivity contribution is 5.53. The van der Waals surface area contributed by atoms with E-state index in [1.807, 2.05) is 6.20 Å². The standard InChI is InChI=1S/C11H18N2/c1-8(2)11-9(3)10(13(4)5)6-7-12-11/h6-8H,1-5H3. The molecule has 0 N–H and O–H groups in total. The van der Waals surface area contributed by atoms with E-state index in [1.165, 1.54) is 16.9 Å². The summed E-state index contributed by atoms with van der Waals surface area (Å²) in [4.78, 5) is 6.52. The van der Waals surface area contributed by atoms with Crippen molar-refractivity contribution in [3.63, 3.8) is 0 Å². The molecule has 1 aromatic heterocycles. The normalized spacial score (nSPS) is 10.6. The third-order valence-electron chi connectivity index (χ3n) is 2.24. The molecular weight excluding hydrogens is 160 g/mol. The Hall–Kier alpha value is -1.05. The van der Waals surface area contributed by atoms with Crippen molar-refractivity contribution in [1.82, 2.24) is 4.98 Å². The van der Waals surface area contributed by atoms with Crippen LogP contribution in [0, 0.1) is 6.92 Å². The number of rotatable bonds is 2. The smallest absolute Gasteiger partial charge is 0.0478 e.